The summed E-state index contributed by atoms with van der Waals surface area (Å²) in [5.41, 5.74) is 4.75. The number of carboxylic acid groups (broad SMARTS) is 1. The lowest BCUT2D eigenvalue weighted by Gasteiger charge is -2.37. The van der Waals surface area contributed by atoms with Crippen LogP contribution in [0.5, 0.6) is 11.5 Å². The predicted octanol–water partition coefficient (Wildman–Crippen LogP) is 2.96. The molecule has 1 heterocycles. The van der Waals surface area contributed by atoms with E-state index in [1.807, 2.05) is 0 Å². The fraction of sp³-hybridized carbons (Fsp3) is 0.444. The first-order valence-electron chi connectivity index (χ1n) is 11.9. The number of aliphatic hydroxyl groups is 1. The number of nitrogens with two attached hydrogens (primary N) is 1. The van der Waals surface area contributed by atoms with Gasteiger partial charge >= 0.3 is 5.97 Å². The van der Waals surface area contributed by atoms with Gasteiger partial charge in [-0.25, -0.2) is 0 Å². The third-order valence-electron chi connectivity index (χ3n) is 6.62. The summed E-state index contributed by atoms with van der Waals surface area (Å²) in [7, 11) is 2.92. The smallest absolute Gasteiger partial charge is 0.305 e. The second-order valence-corrected chi connectivity index (χ2v) is 10.5. The van der Waals surface area contributed by atoms with E-state index in [-0.39, 0.29) is 13.2 Å². The van der Waals surface area contributed by atoms with Gasteiger partial charge in [0.15, 0.2) is 23.4 Å². The lowest BCUT2D eigenvalue weighted by Crippen LogP contribution is -2.64. The van der Waals surface area contributed by atoms with Crippen LogP contribution in [0.1, 0.15) is 44.4 Å². The van der Waals surface area contributed by atoms with Gasteiger partial charge in [-0.3, -0.25) is 14.4 Å². The minimum Gasteiger partial charge on any atom is -0.493 e. The molecular formula is C27H33ClN2O8. The van der Waals surface area contributed by atoms with Gasteiger partial charge in [0.2, 0.25) is 0 Å². The molecule has 1 aliphatic rings. The molecule has 206 valence electrons. The molecule has 10 nitrogen and oxygen atoms in total. The molecule has 0 radical (unpaired) electrons. The molecule has 1 unspecified atom stereocenters. The Morgan fingerprint density at radius 3 is 2.39 bits per heavy atom. The Hall–Kier alpha value is -3.18. The Kier molecular flexibility index (Phi) is 8.72. The molecule has 3 rings (SSSR count). The maximum absolute atomic E-state index is 14.2. The standard InChI is InChI=1S/C27H33ClN2O8/c1-15(32)27(29,12-21(33)34)24-25(35)30(13-26(2,3)14-31)19-10-9-16(28)11-18(19)22(38-24)17-7-6-8-20(36-4)23(17)37-5/h6-11,22,24,31H,12-14,29H2,1-5H3,(H,33,34)/t22-,24+,27?/m1/s1. The van der Waals surface area contributed by atoms with Gasteiger partial charge in [-0.1, -0.05) is 37.6 Å². The van der Waals surface area contributed by atoms with Crippen molar-refractivity contribution in [3.05, 3.63) is 52.5 Å². The summed E-state index contributed by atoms with van der Waals surface area (Å²) in [4.78, 5) is 40.2. The summed E-state index contributed by atoms with van der Waals surface area (Å²) >= 11 is 6.39. The van der Waals surface area contributed by atoms with Gasteiger partial charge in [-0.05, 0) is 31.2 Å². The summed E-state index contributed by atoms with van der Waals surface area (Å²) in [5, 5.41) is 20.0. The second kappa shape index (κ2) is 11.3. The first-order valence-corrected chi connectivity index (χ1v) is 12.3. The van der Waals surface area contributed by atoms with Crippen LogP contribution in [0.15, 0.2) is 36.4 Å². The number of carbonyl (C=O) groups is 3. The Morgan fingerprint density at radius 2 is 1.84 bits per heavy atom. The molecule has 0 spiro atoms. The van der Waals surface area contributed by atoms with Crippen LogP contribution in [0.3, 0.4) is 0 Å². The van der Waals surface area contributed by atoms with Crippen LogP contribution in [-0.2, 0) is 19.1 Å². The fourth-order valence-electron chi connectivity index (χ4n) is 4.50. The lowest BCUT2D eigenvalue weighted by atomic mass is 9.84. The number of methoxy groups -OCH3 is 2. The van der Waals surface area contributed by atoms with Crippen molar-refractivity contribution in [2.45, 2.75) is 44.9 Å². The number of aliphatic hydroxyl groups excluding tert-OH is 1. The number of carboxylic acids is 1. The molecule has 0 aromatic heterocycles. The first-order chi connectivity index (χ1) is 17.8. The number of amides is 1. The van der Waals surface area contributed by atoms with Gasteiger partial charge in [0.05, 0.1) is 20.6 Å². The maximum Gasteiger partial charge on any atom is 0.305 e. The number of ether oxygens (including phenoxy) is 3. The molecule has 0 aliphatic carbocycles. The van der Waals surface area contributed by atoms with E-state index in [1.54, 1.807) is 50.2 Å². The molecule has 4 N–H and O–H groups in total. The van der Waals surface area contributed by atoms with Crippen LogP contribution in [0, 0.1) is 5.41 Å². The highest BCUT2D eigenvalue weighted by Crippen LogP contribution is 2.46. The molecule has 11 heteroatoms. The number of carbonyl (C=O) groups excluding carboxylic acids is 2. The van der Waals surface area contributed by atoms with Crippen LogP contribution in [0.25, 0.3) is 0 Å². The van der Waals surface area contributed by atoms with E-state index in [9.17, 15) is 24.6 Å². The third-order valence-corrected chi connectivity index (χ3v) is 6.86. The van der Waals surface area contributed by atoms with Gasteiger partial charge in [0, 0.05) is 40.4 Å². The normalized spacial score (nSPS) is 19.3. The number of nitrogens with zero attached hydrogens (tertiary/aromatic N) is 1. The molecule has 0 saturated carbocycles. The van der Waals surface area contributed by atoms with Crippen molar-refractivity contribution < 1.29 is 38.8 Å². The highest BCUT2D eigenvalue weighted by Gasteiger charge is 2.52. The highest BCUT2D eigenvalue weighted by atomic mass is 35.5. The minimum atomic E-state index is -2.21. The van der Waals surface area contributed by atoms with Crippen molar-refractivity contribution in [2.24, 2.45) is 11.1 Å². The predicted molar refractivity (Wildman–Crippen MR) is 141 cm³/mol. The number of para-hydroxylation sites is 1. The Balaban J connectivity index is 2.38. The molecule has 2 aromatic carbocycles. The molecule has 2 aromatic rings. The van der Waals surface area contributed by atoms with E-state index in [0.717, 1.165) is 6.92 Å². The molecule has 0 bridgehead atoms. The Morgan fingerprint density at radius 1 is 1.16 bits per heavy atom. The number of aliphatic carboxylic acids is 1. The summed E-state index contributed by atoms with van der Waals surface area (Å²) in [6, 6.07) is 9.95. The number of hydrogen-bond acceptors (Lipinski definition) is 8. The van der Waals surface area contributed by atoms with Crippen molar-refractivity contribution in [1.29, 1.82) is 0 Å². The number of Topliss-reactive ketones (excluding diaryl/α,β-unsaturated/α-hetero) is 1. The molecule has 38 heavy (non-hydrogen) atoms. The van der Waals surface area contributed by atoms with Crippen LogP contribution >= 0.6 is 11.6 Å². The second-order valence-electron chi connectivity index (χ2n) is 10.1. The van der Waals surface area contributed by atoms with Crippen LogP contribution in [0.2, 0.25) is 5.02 Å². The van der Waals surface area contributed by atoms with E-state index in [1.165, 1.54) is 19.1 Å². The SMILES string of the molecule is COc1cccc([C@H]2O[C@H](C(N)(CC(=O)O)C(C)=O)C(=O)N(CC(C)(C)CO)c3ccc(Cl)cc32)c1OC. The zero-order valence-electron chi connectivity index (χ0n) is 22.0. The van der Waals surface area contributed by atoms with Crippen LogP contribution in [0.4, 0.5) is 5.69 Å². The van der Waals surface area contributed by atoms with Gasteiger partial charge in [0.1, 0.15) is 11.6 Å². The van der Waals surface area contributed by atoms with Crippen molar-refractivity contribution in [3.63, 3.8) is 0 Å². The largest absolute Gasteiger partial charge is 0.493 e. The van der Waals surface area contributed by atoms with E-state index in [4.69, 9.17) is 31.5 Å². The number of halogens is 1. The number of anilines is 1. The maximum atomic E-state index is 14.2. The zero-order valence-corrected chi connectivity index (χ0v) is 22.7. The molecule has 0 saturated heterocycles. The van der Waals surface area contributed by atoms with E-state index in [0.29, 0.717) is 33.3 Å². The van der Waals surface area contributed by atoms with Gasteiger partial charge in [-0.15, -0.1) is 0 Å². The fourth-order valence-corrected chi connectivity index (χ4v) is 4.68. The average molecular weight is 549 g/mol. The van der Waals surface area contributed by atoms with Crippen molar-refractivity contribution in [2.75, 3.05) is 32.3 Å². The zero-order chi connectivity index (χ0) is 28.4. The Bertz CT molecular complexity index is 1230. The Labute approximate surface area is 226 Å². The van der Waals surface area contributed by atoms with Crippen molar-refractivity contribution in [3.8, 4) is 11.5 Å². The van der Waals surface area contributed by atoms with E-state index in [2.05, 4.69) is 0 Å². The van der Waals surface area contributed by atoms with Crippen LogP contribution in [-0.4, -0.2) is 66.9 Å². The number of fused-ring (bicyclic) bond motifs is 1. The van der Waals surface area contributed by atoms with Crippen molar-refractivity contribution in [1.82, 2.24) is 0 Å². The monoisotopic (exact) mass is 548 g/mol. The molecular weight excluding hydrogens is 516 g/mol. The molecule has 3 atom stereocenters. The number of ketones is 1. The topological polar surface area (TPSA) is 149 Å². The van der Waals surface area contributed by atoms with E-state index < -0.39 is 47.2 Å². The average Bonchev–Trinajstić information content (AvgIpc) is 2.97. The van der Waals surface area contributed by atoms with Gasteiger partial charge in [-0.2, -0.15) is 0 Å². The number of rotatable bonds is 10. The molecule has 0 fully saturated rings. The van der Waals surface area contributed by atoms with E-state index >= 15 is 0 Å². The minimum absolute atomic E-state index is 0.0137. The summed E-state index contributed by atoms with van der Waals surface area (Å²) in [6.45, 7) is 4.40. The van der Waals surface area contributed by atoms with Crippen molar-refractivity contribution >= 4 is 34.9 Å². The quantitative estimate of drug-likeness (QED) is 0.407. The third kappa shape index (κ3) is 5.63. The highest BCUT2D eigenvalue weighted by molar-refractivity contribution is 6.30. The lowest BCUT2D eigenvalue weighted by molar-refractivity contribution is -0.152. The van der Waals surface area contributed by atoms with Crippen LogP contribution < -0.4 is 20.1 Å². The molecule has 1 aliphatic heterocycles. The summed E-state index contributed by atoms with van der Waals surface area (Å²) in [5.74, 6) is -2.14. The number of benzene rings is 2. The number of hydrogen-bond donors (Lipinski definition) is 3. The summed E-state index contributed by atoms with van der Waals surface area (Å²) in [6.07, 6.45) is -3.63. The van der Waals surface area contributed by atoms with Gasteiger partial charge in [0.25, 0.3) is 5.91 Å². The summed E-state index contributed by atoms with van der Waals surface area (Å²) < 4.78 is 17.5. The van der Waals surface area contributed by atoms with Gasteiger partial charge < -0.3 is 35.1 Å². The first kappa shape index (κ1) is 29.4. The molecule has 1 amide bonds.